The molecule has 2 atom stereocenters. The molecule has 1 aliphatic rings. The second-order valence-corrected chi connectivity index (χ2v) is 5.07. The topological polar surface area (TPSA) is 32.3 Å². The van der Waals surface area contributed by atoms with Crippen LogP contribution in [0.3, 0.4) is 0 Å². The van der Waals surface area contributed by atoms with Crippen molar-refractivity contribution in [1.29, 1.82) is 0 Å². The first-order valence-electron chi connectivity index (χ1n) is 7.36. The Labute approximate surface area is 112 Å². The van der Waals surface area contributed by atoms with E-state index in [0.717, 1.165) is 17.6 Å². The number of aliphatic hydroxyl groups is 1. The number of unbranched alkanes of at least 4 members (excludes halogenated alkanes) is 4. The van der Waals surface area contributed by atoms with Gasteiger partial charge in [0, 0.05) is 0 Å². The van der Waals surface area contributed by atoms with Crippen molar-refractivity contribution >= 4 is 0 Å². The van der Waals surface area contributed by atoms with E-state index in [2.05, 4.69) is 37.5 Å². The van der Waals surface area contributed by atoms with Crippen LogP contribution in [0.15, 0.2) is 24.6 Å². The van der Waals surface area contributed by atoms with Gasteiger partial charge in [-0.25, -0.2) is 0 Å². The molecule has 0 spiro atoms. The molecule has 0 radical (unpaired) electrons. The molecule has 0 saturated heterocycles. The average molecular weight is 253 g/mol. The Balaban J connectivity index is 2.38. The molecular weight excluding hydrogens is 224 g/mol. The Morgan fingerprint density at radius 1 is 1.28 bits per heavy atom. The Hall–Kier alpha value is -0.800. The van der Waals surface area contributed by atoms with E-state index < -0.39 is 0 Å². The molecule has 0 amide bonds. The van der Waals surface area contributed by atoms with Crippen LogP contribution in [0.4, 0.5) is 0 Å². The van der Waals surface area contributed by atoms with Gasteiger partial charge < -0.3 is 10.4 Å². The van der Waals surface area contributed by atoms with Gasteiger partial charge in [-0.2, -0.15) is 0 Å². The number of hydrogen-bond acceptors (Lipinski definition) is 2. The van der Waals surface area contributed by atoms with E-state index in [9.17, 15) is 5.11 Å². The monoisotopic (exact) mass is 253 g/mol. The summed E-state index contributed by atoms with van der Waals surface area (Å²) in [6.07, 6.45) is 15.5. The van der Waals surface area contributed by atoms with E-state index in [1.54, 1.807) is 0 Å². The standard InChI is InChI=1S/C15H29N2O/c1-3-5-6-7-8-9-10-15-16-11-12-17(15,4-2)13-14-18/h9-12,15-16,18H,3-8,13-14H2,1-2H3/q+1/b10-9+. The zero-order valence-corrected chi connectivity index (χ0v) is 11.9. The van der Waals surface area contributed by atoms with E-state index in [1.807, 2.05) is 6.20 Å². The molecule has 0 aromatic carbocycles. The number of nitrogens with zero attached hydrogens (tertiary/aromatic N) is 1. The predicted molar refractivity (Wildman–Crippen MR) is 76.7 cm³/mol. The molecule has 1 aliphatic heterocycles. The van der Waals surface area contributed by atoms with Gasteiger partial charge in [-0.05, 0) is 25.8 Å². The molecule has 3 nitrogen and oxygen atoms in total. The second-order valence-electron chi connectivity index (χ2n) is 5.07. The van der Waals surface area contributed by atoms with Gasteiger partial charge in [-0.15, -0.1) is 0 Å². The summed E-state index contributed by atoms with van der Waals surface area (Å²) in [5.74, 6) is 0. The molecule has 1 heterocycles. The van der Waals surface area contributed by atoms with Crippen molar-refractivity contribution in [2.45, 2.75) is 52.1 Å². The van der Waals surface area contributed by atoms with Crippen LogP contribution in [-0.2, 0) is 0 Å². The van der Waals surface area contributed by atoms with E-state index in [4.69, 9.17) is 0 Å². The van der Waals surface area contributed by atoms with E-state index in [0.29, 0.717) is 6.17 Å². The minimum Gasteiger partial charge on any atom is -0.390 e. The van der Waals surface area contributed by atoms with Crippen molar-refractivity contribution in [3.63, 3.8) is 0 Å². The van der Waals surface area contributed by atoms with E-state index in [-0.39, 0.29) is 6.61 Å². The van der Waals surface area contributed by atoms with Crippen LogP contribution in [0, 0.1) is 0 Å². The predicted octanol–water partition coefficient (Wildman–Crippen LogP) is 2.74. The fourth-order valence-corrected chi connectivity index (χ4v) is 2.53. The lowest BCUT2D eigenvalue weighted by Crippen LogP contribution is -2.53. The molecule has 0 aromatic rings. The van der Waals surface area contributed by atoms with Gasteiger partial charge in [0.1, 0.15) is 12.7 Å². The lowest BCUT2D eigenvalue weighted by molar-refractivity contribution is -0.892. The molecule has 0 aromatic heterocycles. The summed E-state index contributed by atoms with van der Waals surface area (Å²) in [6.45, 7) is 6.45. The third kappa shape index (κ3) is 4.14. The summed E-state index contributed by atoms with van der Waals surface area (Å²) >= 11 is 0. The maximum Gasteiger partial charge on any atom is 0.185 e. The fraction of sp³-hybridized carbons (Fsp3) is 0.733. The van der Waals surface area contributed by atoms with Crippen molar-refractivity contribution in [2.24, 2.45) is 0 Å². The third-order valence-corrected chi connectivity index (χ3v) is 3.84. The summed E-state index contributed by atoms with van der Waals surface area (Å²) in [5, 5.41) is 12.6. The van der Waals surface area contributed by atoms with E-state index in [1.165, 1.54) is 32.1 Å². The van der Waals surface area contributed by atoms with Crippen molar-refractivity contribution in [1.82, 2.24) is 5.32 Å². The third-order valence-electron chi connectivity index (χ3n) is 3.84. The Kier molecular flexibility index (Phi) is 7.06. The summed E-state index contributed by atoms with van der Waals surface area (Å²) in [4.78, 5) is 0. The SMILES string of the molecule is CCCCCC/C=C/C1NC=C[N+]1(CC)CCO. The number of nitrogens with one attached hydrogen (secondary N) is 1. The molecule has 2 unspecified atom stereocenters. The molecule has 18 heavy (non-hydrogen) atoms. The summed E-state index contributed by atoms with van der Waals surface area (Å²) in [5.41, 5.74) is 0. The van der Waals surface area contributed by atoms with Crippen molar-refractivity contribution in [3.05, 3.63) is 24.6 Å². The highest BCUT2D eigenvalue weighted by molar-refractivity contribution is 4.97. The molecule has 2 N–H and O–H groups in total. The van der Waals surface area contributed by atoms with Crippen LogP contribution < -0.4 is 5.32 Å². The number of aliphatic hydroxyl groups excluding tert-OH is 1. The van der Waals surface area contributed by atoms with Crippen LogP contribution >= 0.6 is 0 Å². The quantitative estimate of drug-likeness (QED) is 0.376. The fourth-order valence-electron chi connectivity index (χ4n) is 2.53. The number of hydrogen-bond donors (Lipinski definition) is 2. The lowest BCUT2D eigenvalue weighted by Gasteiger charge is -2.34. The summed E-state index contributed by atoms with van der Waals surface area (Å²) in [7, 11) is 0. The first kappa shape index (κ1) is 15.3. The van der Waals surface area contributed by atoms with Gasteiger partial charge in [0.05, 0.1) is 19.4 Å². The van der Waals surface area contributed by atoms with E-state index >= 15 is 0 Å². The average Bonchev–Trinajstić information content (AvgIpc) is 2.78. The second kappa shape index (κ2) is 8.33. The van der Waals surface area contributed by atoms with Crippen LogP contribution in [0.2, 0.25) is 0 Å². The zero-order chi connectivity index (χ0) is 13.3. The smallest absolute Gasteiger partial charge is 0.185 e. The highest BCUT2D eigenvalue weighted by Gasteiger charge is 2.34. The van der Waals surface area contributed by atoms with Crippen molar-refractivity contribution in [2.75, 3.05) is 19.7 Å². The van der Waals surface area contributed by atoms with Crippen molar-refractivity contribution < 1.29 is 9.59 Å². The molecule has 0 bridgehead atoms. The minimum atomic E-state index is 0.237. The van der Waals surface area contributed by atoms with Crippen LogP contribution in [0.25, 0.3) is 0 Å². The lowest BCUT2D eigenvalue weighted by atomic mass is 10.1. The molecule has 1 rings (SSSR count). The number of rotatable bonds is 9. The van der Waals surface area contributed by atoms with Gasteiger partial charge >= 0.3 is 0 Å². The Morgan fingerprint density at radius 3 is 2.78 bits per heavy atom. The van der Waals surface area contributed by atoms with Crippen LogP contribution in [0.5, 0.6) is 0 Å². The summed E-state index contributed by atoms with van der Waals surface area (Å²) < 4.78 is 0.821. The highest BCUT2D eigenvalue weighted by Crippen LogP contribution is 2.19. The Bertz CT molecular complexity index is 276. The highest BCUT2D eigenvalue weighted by atomic mass is 16.3. The normalized spacial score (nSPS) is 26.9. The summed E-state index contributed by atoms with van der Waals surface area (Å²) in [6, 6.07) is 0. The van der Waals surface area contributed by atoms with Crippen molar-refractivity contribution in [3.8, 4) is 0 Å². The zero-order valence-electron chi connectivity index (χ0n) is 11.9. The number of quaternary nitrogens is 1. The molecule has 0 aliphatic carbocycles. The van der Waals surface area contributed by atoms with Gasteiger partial charge in [-0.1, -0.05) is 32.3 Å². The van der Waals surface area contributed by atoms with Gasteiger partial charge in [0.2, 0.25) is 0 Å². The molecule has 0 fully saturated rings. The first-order chi connectivity index (χ1) is 8.79. The van der Waals surface area contributed by atoms with Gasteiger partial charge in [0.15, 0.2) is 6.17 Å². The van der Waals surface area contributed by atoms with Crippen LogP contribution in [-0.4, -0.2) is 35.5 Å². The molecule has 104 valence electrons. The minimum absolute atomic E-state index is 0.237. The number of likely N-dealkylation sites (N-methyl/N-ethyl adjacent to an activating group) is 1. The Morgan fingerprint density at radius 2 is 2.11 bits per heavy atom. The molecule has 0 saturated carbocycles. The first-order valence-corrected chi connectivity index (χ1v) is 7.36. The van der Waals surface area contributed by atoms with Crippen LogP contribution in [0.1, 0.15) is 46.0 Å². The van der Waals surface area contributed by atoms with Gasteiger partial charge in [-0.3, -0.25) is 4.48 Å². The maximum absolute atomic E-state index is 9.21. The largest absolute Gasteiger partial charge is 0.390 e. The van der Waals surface area contributed by atoms with Gasteiger partial charge in [0.25, 0.3) is 0 Å². The number of allylic oxidation sites excluding steroid dienone is 1. The maximum atomic E-state index is 9.21. The molecule has 3 heteroatoms. The molecular formula is C15H29N2O+.